The van der Waals surface area contributed by atoms with Crippen LogP contribution in [0, 0.1) is 11.8 Å². The smallest absolute Gasteiger partial charge is 0.236 e. The molecule has 0 radical (unpaired) electrons. The monoisotopic (exact) mass is 298 g/mol. The number of carbonyl (C=O) groups excluding carboxylic acids is 1. The summed E-state index contributed by atoms with van der Waals surface area (Å²) >= 11 is 1.65. The fourth-order valence-corrected chi connectivity index (χ4v) is 2.10. The lowest BCUT2D eigenvalue weighted by molar-refractivity contribution is 0.105. The first-order valence-corrected chi connectivity index (χ1v) is 7.44. The third-order valence-corrected chi connectivity index (χ3v) is 3.60. The van der Waals surface area contributed by atoms with Crippen LogP contribution in [-0.4, -0.2) is 24.3 Å². The van der Waals surface area contributed by atoms with Crippen molar-refractivity contribution in [1.82, 2.24) is 0 Å². The van der Waals surface area contributed by atoms with Crippen molar-refractivity contribution < 1.29 is 14.6 Å². The summed E-state index contributed by atoms with van der Waals surface area (Å²) < 4.78 is 4.97. The van der Waals surface area contributed by atoms with Crippen molar-refractivity contribution in [3.05, 3.63) is 53.6 Å². The van der Waals surface area contributed by atoms with E-state index in [4.69, 9.17) is 4.74 Å². The van der Waals surface area contributed by atoms with Crippen LogP contribution >= 0.6 is 11.8 Å². The van der Waals surface area contributed by atoms with Crippen LogP contribution in [0.1, 0.15) is 15.9 Å². The number of thioether (sulfide) groups is 1. The lowest BCUT2D eigenvalue weighted by Gasteiger charge is -2.03. The first-order valence-electron chi connectivity index (χ1n) is 6.21. The highest BCUT2D eigenvalue weighted by atomic mass is 32.2. The van der Waals surface area contributed by atoms with Gasteiger partial charge in [-0.3, -0.25) is 4.79 Å². The van der Waals surface area contributed by atoms with E-state index >= 15 is 0 Å². The fraction of sp³-hybridized carbons (Fsp3) is 0.118. The van der Waals surface area contributed by atoms with Crippen LogP contribution in [0.25, 0.3) is 0 Å². The number of methoxy groups -OCH3 is 1. The Labute approximate surface area is 128 Å². The SMILES string of the molecule is COc1cc(C(=O)C#Cc2ccc(SC)cc2)ccc1O. The van der Waals surface area contributed by atoms with Crippen LogP contribution in [0.15, 0.2) is 47.4 Å². The number of aromatic hydroxyl groups is 1. The minimum Gasteiger partial charge on any atom is -0.504 e. The minimum absolute atomic E-state index is 0.00494. The molecule has 4 heteroatoms. The molecule has 3 nitrogen and oxygen atoms in total. The van der Waals surface area contributed by atoms with Crippen LogP contribution in [0.4, 0.5) is 0 Å². The van der Waals surface area contributed by atoms with Crippen molar-refractivity contribution in [3.8, 4) is 23.3 Å². The molecule has 0 aliphatic carbocycles. The number of hydrogen-bond donors (Lipinski definition) is 1. The molecule has 0 spiro atoms. The summed E-state index contributed by atoms with van der Waals surface area (Å²) in [6.45, 7) is 0. The highest BCUT2D eigenvalue weighted by molar-refractivity contribution is 7.98. The van der Waals surface area contributed by atoms with Gasteiger partial charge in [0.15, 0.2) is 11.5 Å². The molecule has 0 fully saturated rings. The number of phenolic OH excluding ortho intramolecular Hbond substituents is 1. The largest absolute Gasteiger partial charge is 0.504 e. The van der Waals surface area contributed by atoms with E-state index in [2.05, 4.69) is 11.8 Å². The lowest BCUT2D eigenvalue weighted by Crippen LogP contribution is -1.96. The molecular formula is C17H14O3S. The van der Waals surface area contributed by atoms with Gasteiger partial charge in [0.1, 0.15) is 0 Å². The second kappa shape index (κ2) is 6.87. The highest BCUT2D eigenvalue weighted by Gasteiger charge is 2.07. The van der Waals surface area contributed by atoms with Crippen molar-refractivity contribution in [2.45, 2.75) is 4.90 Å². The van der Waals surface area contributed by atoms with E-state index in [0.29, 0.717) is 5.56 Å². The molecular weight excluding hydrogens is 284 g/mol. The van der Waals surface area contributed by atoms with Crippen LogP contribution in [-0.2, 0) is 0 Å². The van der Waals surface area contributed by atoms with Gasteiger partial charge in [-0.15, -0.1) is 11.8 Å². The molecule has 0 bridgehead atoms. The van der Waals surface area contributed by atoms with Gasteiger partial charge in [0, 0.05) is 16.0 Å². The second-order valence-electron chi connectivity index (χ2n) is 4.19. The van der Waals surface area contributed by atoms with Gasteiger partial charge < -0.3 is 9.84 Å². The summed E-state index contributed by atoms with van der Waals surface area (Å²) in [4.78, 5) is 13.2. The van der Waals surface area contributed by atoms with E-state index in [9.17, 15) is 9.90 Å². The zero-order valence-corrected chi connectivity index (χ0v) is 12.5. The van der Waals surface area contributed by atoms with Crippen molar-refractivity contribution in [2.75, 3.05) is 13.4 Å². The molecule has 0 unspecified atom stereocenters. The molecule has 2 aromatic carbocycles. The number of ether oxygens (including phenoxy) is 1. The van der Waals surface area contributed by atoms with E-state index < -0.39 is 0 Å². The quantitative estimate of drug-likeness (QED) is 0.536. The molecule has 0 atom stereocenters. The summed E-state index contributed by atoms with van der Waals surface area (Å²) in [5, 5.41) is 9.50. The summed E-state index contributed by atoms with van der Waals surface area (Å²) in [6, 6.07) is 12.1. The van der Waals surface area contributed by atoms with E-state index in [0.717, 1.165) is 10.5 Å². The normalized spacial score (nSPS) is 9.62. The van der Waals surface area contributed by atoms with Crippen molar-refractivity contribution in [1.29, 1.82) is 0 Å². The Balaban J connectivity index is 2.19. The maximum atomic E-state index is 12.0. The number of benzene rings is 2. The molecule has 0 amide bonds. The first-order chi connectivity index (χ1) is 10.1. The predicted molar refractivity (Wildman–Crippen MR) is 84.1 cm³/mol. The topological polar surface area (TPSA) is 46.5 Å². The van der Waals surface area contributed by atoms with Gasteiger partial charge in [0.05, 0.1) is 7.11 Å². The van der Waals surface area contributed by atoms with Gasteiger partial charge in [-0.2, -0.15) is 0 Å². The third kappa shape index (κ3) is 3.80. The molecule has 0 saturated heterocycles. The number of ketones is 1. The van der Waals surface area contributed by atoms with Crippen molar-refractivity contribution in [3.63, 3.8) is 0 Å². The van der Waals surface area contributed by atoms with E-state index in [1.54, 1.807) is 11.8 Å². The molecule has 2 rings (SSSR count). The van der Waals surface area contributed by atoms with Crippen molar-refractivity contribution >= 4 is 17.5 Å². The molecule has 0 aromatic heterocycles. The van der Waals surface area contributed by atoms with Gasteiger partial charge in [-0.25, -0.2) is 0 Å². The number of rotatable bonds is 3. The minimum atomic E-state index is -0.317. The first kappa shape index (κ1) is 15.0. The van der Waals surface area contributed by atoms with Gasteiger partial charge in [0.2, 0.25) is 5.78 Å². The molecule has 106 valence electrons. The molecule has 0 aliphatic rings. The highest BCUT2D eigenvalue weighted by Crippen LogP contribution is 2.26. The van der Waals surface area contributed by atoms with Crippen LogP contribution in [0.2, 0.25) is 0 Å². The average Bonchev–Trinajstić information content (AvgIpc) is 2.53. The number of phenols is 1. The van der Waals surface area contributed by atoms with E-state index in [-0.39, 0.29) is 17.3 Å². The average molecular weight is 298 g/mol. The number of hydrogen-bond acceptors (Lipinski definition) is 4. The van der Waals surface area contributed by atoms with Crippen LogP contribution < -0.4 is 4.74 Å². The number of Topliss-reactive ketones (excluding diaryl/α,β-unsaturated/α-hetero) is 1. The fourth-order valence-electron chi connectivity index (χ4n) is 1.69. The summed E-state index contributed by atoms with van der Waals surface area (Å²) in [5.41, 5.74) is 1.17. The zero-order valence-electron chi connectivity index (χ0n) is 11.7. The molecule has 1 N–H and O–H groups in total. The molecule has 21 heavy (non-hydrogen) atoms. The van der Waals surface area contributed by atoms with Gasteiger partial charge in [-0.05, 0) is 54.6 Å². The van der Waals surface area contributed by atoms with E-state index in [1.807, 2.05) is 30.5 Å². The Morgan fingerprint density at radius 3 is 2.52 bits per heavy atom. The zero-order chi connectivity index (χ0) is 15.2. The summed E-state index contributed by atoms with van der Waals surface area (Å²) in [5.74, 6) is 5.36. The maximum Gasteiger partial charge on any atom is 0.236 e. The Bertz CT molecular complexity index is 709. The van der Waals surface area contributed by atoms with E-state index in [1.165, 1.54) is 25.3 Å². The van der Waals surface area contributed by atoms with Gasteiger partial charge >= 0.3 is 0 Å². The molecule has 0 saturated carbocycles. The standard InChI is InChI=1S/C17H14O3S/c1-20-17-11-13(6-10-16(17)19)15(18)9-5-12-3-7-14(21-2)8-4-12/h3-4,6-8,10-11,19H,1-2H3. The Morgan fingerprint density at radius 2 is 1.90 bits per heavy atom. The van der Waals surface area contributed by atoms with Gasteiger partial charge in [-0.1, -0.05) is 5.92 Å². The van der Waals surface area contributed by atoms with Gasteiger partial charge in [0.25, 0.3) is 0 Å². The molecule has 0 aliphatic heterocycles. The summed E-state index contributed by atoms with van der Waals surface area (Å²) in [7, 11) is 1.43. The second-order valence-corrected chi connectivity index (χ2v) is 5.07. The maximum absolute atomic E-state index is 12.0. The Morgan fingerprint density at radius 1 is 1.19 bits per heavy atom. The molecule has 2 aromatic rings. The summed E-state index contributed by atoms with van der Waals surface area (Å²) in [6.07, 6.45) is 2.00. The van der Waals surface area contributed by atoms with Crippen LogP contribution in [0.5, 0.6) is 11.5 Å². The third-order valence-electron chi connectivity index (χ3n) is 2.85. The Hall–Kier alpha value is -2.38. The van der Waals surface area contributed by atoms with Crippen molar-refractivity contribution in [2.24, 2.45) is 0 Å². The predicted octanol–water partition coefficient (Wildman–Crippen LogP) is 3.36. The Kier molecular flexibility index (Phi) is 4.91. The van der Waals surface area contributed by atoms with Crippen LogP contribution in [0.3, 0.4) is 0 Å². The molecule has 0 heterocycles. The lowest BCUT2D eigenvalue weighted by atomic mass is 10.1. The number of carbonyl (C=O) groups is 1.